The Kier molecular flexibility index (Phi) is 5.92. The minimum atomic E-state index is -0.589. The number of amides is 2. The van der Waals surface area contributed by atoms with Crippen molar-refractivity contribution in [3.8, 4) is 0 Å². The number of nitrogens with zero attached hydrogens (tertiary/aromatic N) is 1. The summed E-state index contributed by atoms with van der Waals surface area (Å²) in [6.07, 6.45) is 1.35. The Bertz CT molecular complexity index is 469. The highest BCUT2D eigenvalue weighted by atomic mass is 16.5. The SMILES string of the molecule is COC(=O)C(C)CN(C)CC(=O)NC(=O)c1ccco1. The molecule has 1 N–H and O–H groups in total. The number of likely N-dealkylation sites (N-methyl/N-ethyl adjacent to an activating group) is 1. The van der Waals surface area contributed by atoms with Crippen molar-refractivity contribution < 1.29 is 23.5 Å². The van der Waals surface area contributed by atoms with E-state index in [0.29, 0.717) is 6.54 Å². The van der Waals surface area contributed by atoms with Crippen LogP contribution in [0.4, 0.5) is 0 Å². The Morgan fingerprint density at radius 3 is 2.70 bits per heavy atom. The lowest BCUT2D eigenvalue weighted by atomic mass is 10.2. The van der Waals surface area contributed by atoms with Crippen molar-refractivity contribution in [1.82, 2.24) is 10.2 Å². The van der Waals surface area contributed by atoms with Crippen LogP contribution in [0.2, 0.25) is 0 Å². The second-order valence-corrected chi connectivity index (χ2v) is 4.48. The molecular formula is C13H18N2O5. The molecule has 0 bridgehead atoms. The first kappa shape index (κ1) is 15.9. The molecule has 1 unspecified atom stereocenters. The maximum atomic E-state index is 11.6. The van der Waals surface area contributed by atoms with Gasteiger partial charge in [-0.15, -0.1) is 0 Å². The fourth-order valence-corrected chi connectivity index (χ4v) is 1.69. The van der Waals surface area contributed by atoms with Gasteiger partial charge in [0.25, 0.3) is 5.91 Å². The molecule has 0 aliphatic carbocycles. The maximum Gasteiger partial charge on any atom is 0.309 e. The number of carbonyl (C=O) groups excluding carboxylic acids is 3. The summed E-state index contributed by atoms with van der Waals surface area (Å²) in [5, 5.41) is 2.20. The summed E-state index contributed by atoms with van der Waals surface area (Å²) in [6, 6.07) is 3.02. The predicted molar refractivity (Wildman–Crippen MR) is 69.9 cm³/mol. The number of imide groups is 1. The minimum absolute atomic E-state index is 0.00617. The summed E-state index contributed by atoms with van der Waals surface area (Å²) in [5.41, 5.74) is 0. The van der Waals surface area contributed by atoms with Crippen LogP contribution in [-0.2, 0) is 14.3 Å². The predicted octanol–water partition coefficient (Wildman–Crippen LogP) is 0.277. The molecule has 0 aromatic carbocycles. The fraction of sp³-hybridized carbons (Fsp3) is 0.462. The highest BCUT2D eigenvalue weighted by Crippen LogP contribution is 2.01. The van der Waals surface area contributed by atoms with Crippen molar-refractivity contribution in [2.24, 2.45) is 5.92 Å². The first-order valence-electron chi connectivity index (χ1n) is 6.08. The van der Waals surface area contributed by atoms with Gasteiger partial charge >= 0.3 is 5.97 Å². The average Bonchev–Trinajstić information content (AvgIpc) is 2.90. The van der Waals surface area contributed by atoms with Gasteiger partial charge in [-0.3, -0.25) is 24.6 Å². The maximum absolute atomic E-state index is 11.6. The smallest absolute Gasteiger partial charge is 0.309 e. The molecule has 7 nitrogen and oxygen atoms in total. The zero-order valence-corrected chi connectivity index (χ0v) is 11.7. The molecule has 7 heteroatoms. The number of carbonyl (C=O) groups is 3. The number of ether oxygens (including phenoxy) is 1. The van der Waals surface area contributed by atoms with Crippen LogP contribution in [0.1, 0.15) is 17.5 Å². The molecule has 0 radical (unpaired) electrons. The Morgan fingerprint density at radius 2 is 2.15 bits per heavy atom. The van der Waals surface area contributed by atoms with Gasteiger partial charge < -0.3 is 9.15 Å². The van der Waals surface area contributed by atoms with Gasteiger partial charge in [-0.1, -0.05) is 6.92 Å². The lowest BCUT2D eigenvalue weighted by Gasteiger charge is -2.18. The number of nitrogens with one attached hydrogen (secondary N) is 1. The summed E-state index contributed by atoms with van der Waals surface area (Å²) in [4.78, 5) is 36.1. The number of hydrogen-bond acceptors (Lipinski definition) is 6. The summed E-state index contributed by atoms with van der Waals surface area (Å²) in [7, 11) is 2.99. The summed E-state index contributed by atoms with van der Waals surface area (Å²) in [6.45, 7) is 2.05. The second-order valence-electron chi connectivity index (χ2n) is 4.48. The molecule has 1 aromatic rings. The molecule has 20 heavy (non-hydrogen) atoms. The topological polar surface area (TPSA) is 88.9 Å². The third-order valence-corrected chi connectivity index (χ3v) is 2.60. The first-order chi connectivity index (χ1) is 9.43. The molecule has 2 amide bonds. The van der Waals surface area contributed by atoms with Crippen LogP contribution in [0.25, 0.3) is 0 Å². The Balaban J connectivity index is 2.38. The van der Waals surface area contributed by atoms with Crippen molar-refractivity contribution in [3.63, 3.8) is 0 Å². The highest BCUT2D eigenvalue weighted by molar-refractivity contribution is 6.03. The van der Waals surface area contributed by atoms with E-state index in [4.69, 9.17) is 4.42 Å². The van der Waals surface area contributed by atoms with Gasteiger partial charge in [-0.25, -0.2) is 0 Å². The molecule has 1 heterocycles. The summed E-state index contributed by atoms with van der Waals surface area (Å²) >= 11 is 0. The molecule has 0 saturated heterocycles. The van der Waals surface area contributed by atoms with Crippen molar-refractivity contribution in [3.05, 3.63) is 24.2 Å². The van der Waals surface area contributed by atoms with Gasteiger partial charge in [0, 0.05) is 6.54 Å². The lowest BCUT2D eigenvalue weighted by Crippen LogP contribution is -2.40. The van der Waals surface area contributed by atoms with Crippen molar-refractivity contribution >= 4 is 17.8 Å². The van der Waals surface area contributed by atoms with Gasteiger partial charge in [0.15, 0.2) is 5.76 Å². The van der Waals surface area contributed by atoms with Gasteiger partial charge in [0.1, 0.15) is 0 Å². The number of esters is 1. The molecule has 1 atom stereocenters. The monoisotopic (exact) mass is 282 g/mol. The van der Waals surface area contributed by atoms with Gasteiger partial charge in [0.2, 0.25) is 5.91 Å². The van der Waals surface area contributed by atoms with Crippen LogP contribution >= 0.6 is 0 Å². The van der Waals surface area contributed by atoms with Gasteiger partial charge in [0.05, 0.1) is 25.8 Å². The molecule has 0 spiro atoms. The summed E-state index contributed by atoms with van der Waals surface area (Å²) in [5.74, 6) is -1.67. The number of rotatable bonds is 6. The van der Waals surface area contributed by atoms with Crippen LogP contribution in [0, 0.1) is 5.92 Å². The van der Waals surface area contributed by atoms with E-state index in [0.717, 1.165) is 0 Å². The molecule has 0 saturated carbocycles. The van der Waals surface area contributed by atoms with Crippen molar-refractivity contribution in [1.29, 1.82) is 0 Å². The van der Waals surface area contributed by atoms with Crippen LogP contribution in [0.3, 0.4) is 0 Å². The molecular weight excluding hydrogens is 264 g/mol. The van der Waals surface area contributed by atoms with Crippen LogP contribution in [0.15, 0.2) is 22.8 Å². The first-order valence-corrected chi connectivity index (χ1v) is 6.08. The lowest BCUT2D eigenvalue weighted by molar-refractivity contribution is -0.145. The zero-order chi connectivity index (χ0) is 15.1. The largest absolute Gasteiger partial charge is 0.469 e. The van der Waals surface area contributed by atoms with E-state index in [1.807, 2.05) is 0 Å². The molecule has 110 valence electrons. The Morgan fingerprint density at radius 1 is 1.45 bits per heavy atom. The molecule has 0 aliphatic heterocycles. The van der Waals surface area contributed by atoms with Gasteiger partial charge in [-0.05, 0) is 19.2 Å². The molecule has 0 fully saturated rings. The van der Waals surface area contributed by atoms with E-state index in [2.05, 4.69) is 10.1 Å². The molecule has 0 aliphatic rings. The second kappa shape index (κ2) is 7.44. The third kappa shape index (κ3) is 4.85. The number of methoxy groups -OCH3 is 1. The van der Waals surface area contributed by atoms with Gasteiger partial charge in [-0.2, -0.15) is 0 Å². The van der Waals surface area contributed by atoms with Crippen LogP contribution in [0.5, 0.6) is 0 Å². The molecule has 1 rings (SSSR count). The van der Waals surface area contributed by atoms with Crippen LogP contribution in [-0.4, -0.2) is 49.9 Å². The normalized spacial score (nSPS) is 12.0. The Hall–Kier alpha value is -2.15. The standard InChI is InChI=1S/C13H18N2O5/c1-9(13(18)19-3)7-15(2)8-11(16)14-12(17)10-5-4-6-20-10/h4-6,9H,7-8H2,1-3H3,(H,14,16,17). The quantitative estimate of drug-likeness (QED) is 0.754. The van der Waals surface area contributed by atoms with Crippen molar-refractivity contribution in [2.45, 2.75) is 6.92 Å². The highest BCUT2D eigenvalue weighted by Gasteiger charge is 2.18. The zero-order valence-electron chi connectivity index (χ0n) is 11.7. The van der Waals surface area contributed by atoms with Crippen molar-refractivity contribution in [2.75, 3.05) is 27.2 Å². The number of hydrogen-bond donors (Lipinski definition) is 1. The fourth-order valence-electron chi connectivity index (χ4n) is 1.69. The van der Waals surface area contributed by atoms with E-state index in [1.165, 1.54) is 19.4 Å². The average molecular weight is 282 g/mol. The van der Waals surface area contributed by atoms with Crippen LogP contribution < -0.4 is 5.32 Å². The minimum Gasteiger partial charge on any atom is -0.469 e. The van der Waals surface area contributed by atoms with E-state index >= 15 is 0 Å². The molecule has 1 aromatic heterocycles. The van der Waals surface area contributed by atoms with E-state index < -0.39 is 11.8 Å². The Labute approximate surface area is 116 Å². The van der Waals surface area contributed by atoms with E-state index in [1.54, 1.807) is 24.9 Å². The van der Waals surface area contributed by atoms with E-state index in [9.17, 15) is 14.4 Å². The van der Waals surface area contributed by atoms with E-state index in [-0.39, 0.29) is 24.2 Å². The number of furan rings is 1. The third-order valence-electron chi connectivity index (χ3n) is 2.60. The summed E-state index contributed by atoms with van der Waals surface area (Å²) < 4.78 is 9.47.